The highest BCUT2D eigenvalue weighted by atomic mass is 35.5. The summed E-state index contributed by atoms with van der Waals surface area (Å²) < 4.78 is 3.95. The lowest BCUT2D eigenvalue weighted by atomic mass is 10.5. The molecule has 0 unspecified atom stereocenters. The molecule has 1 aromatic rings. The Balaban J connectivity index is 0. The molecule has 1 heterocycles. The maximum Gasteiger partial charge on any atom is 0.303 e. The van der Waals surface area contributed by atoms with Gasteiger partial charge in [-0.1, -0.05) is 5.16 Å². The highest BCUT2D eigenvalue weighted by molar-refractivity contribution is 5.85. The molecule has 16 heavy (non-hydrogen) atoms. The van der Waals surface area contributed by atoms with E-state index in [1.807, 2.05) is 42.7 Å². The lowest BCUT2D eigenvalue weighted by Gasteiger charge is -2.06. The Hall–Kier alpha value is -0.780. The molecule has 0 fully saturated rings. The quantitative estimate of drug-likeness (QED) is 0.276. The average Bonchev–Trinajstić information content (AvgIpc) is 2.46. The number of halogens is 2. The molecule has 0 saturated heterocycles. The van der Waals surface area contributed by atoms with E-state index in [2.05, 4.69) is 10.1 Å². The van der Waals surface area contributed by atoms with Crippen LogP contribution in [0.1, 0.15) is 5.82 Å². The van der Waals surface area contributed by atoms with Crippen molar-refractivity contribution in [3.05, 3.63) is 18.2 Å². The Kier molecular flexibility index (Phi) is 9.22. The zero-order chi connectivity index (χ0) is 10.6. The van der Waals surface area contributed by atoms with Gasteiger partial charge in [0.05, 0.1) is 7.05 Å². The van der Waals surface area contributed by atoms with Gasteiger partial charge in [-0.2, -0.15) is 0 Å². The van der Waals surface area contributed by atoms with E-state index in [9.17, 15) is 0 Å². The van der Waals surface area contributed by atoms with E-state index >= 15 is 0 Å². The SMILES string of the molecule is CN(C)CCn1cc[n+](C)c1/C=N\O.Cl.[Cl-]. The smallest absolute Gasteiger partial charge is 0.303 e. The van der Waals surface area contributed by atoms with Crippen molar-refractivity contribution in [1.82, 2.24) is 9.47 Å². The molecule has 0 aromatic carbocycles. The van der Waals surface area contributed by atoms with Crippen molar-refractivity contribution in [1.29, 1.82) is 0 Å². The van der Waals surface area contributed by atoms with Gasteiger partial charge in [0.2, 0.25) is 0 Å². The molecule has 5 nitrogen and oxygen atoms in total. The summed E-state index contributed by atoms with van der Waals surface area (Å²) in [6.07, 6.45) is 5.35. The molecule has 0 aliphatic carbocycles. The van der Waals surface area contributed by atoms with Crippen LogP contribution in [0.15, 0.2) is 17.5 Å². The van der Waals surface area contributed by atoms with E-state index in [1.54, 1.807) is 0 Å². The topological polar surface area (TPSA) is 44.6 Å². The van der Waals surface area contributed by atoms with Crippen molar-refractivity contribution < 1.29 is 22.2 Å². The lowest BCUT2D eigenvalue weighted by molar-refractivity contribution is -0.671. The predicted octanol–water partition coefficient (Wildman–Crippen LogP) is -2.89. The van der Waals surface area contributed by atoms with Gasteiger partial charge < -0.3 is 22.5 Å². The first kappa shape index (κ1) is 17.6. The summed E-state index contributed by atoms with van der Waals surface area (Å²) in [6.45, 7) is 1.84. The van der Waals surface area contributed by atoms with Gasteiger partial charge in [0, 0.05) is 6.54 Å². The van der Waals surface area contributed by atoms with Crippen molar-refractivity contribution in [3.63, 3.8) is 0 Å². The van der Waals surface area contributed by atoms with E-state index in [0.29, 0.717) is 0 Å². The molecule has 1 N–H and O–H groups in total. The van der Waals surface area contributed by atoms with Gasteiger partial charge >= 0.3 is 5.82 Å². The van der Waals surface area contributed by atoms with Gasteiger partial charge in [0.25, 0.3) is 0 Å². The number of hydrogen-bond donors (Lipinski definition) is 1. The first-order valence-electron chi connectivity index (χ1n) is 4.52. The molecule has 0 atom stereocenters. The predicted molar refractivity (Wildman–Crippen MR) is 60.8 cm³/mol. The Morgan fingerprint density at radius 3 is 2.69 bits per heavy atom. The van der Waals surface area contributed by atoms with E-state index < -0.39 is 0 Å². The molecule has 7 heteroatoms. The van der Waals surface area contributed by atoms with Crippen LogP contribution < -0.4 is 17.0 Å². The Morgan fingerprint density at radius 2 is 2.19 bits per heavy atom. The summed E-state index contributed by atoms with van der Waals surface area (Å²) in [7, 11) is 5.98. The third kappa shape index (κ3) is 4.83. The Morgan fingerprint density at radius 1 is 1.56 bits per heavy atom. The standard InChI is InChI=1S/C9H16N4O.2ClH/c1-11(2)4-6-13-7-5-12(3)9(13)8-10-14;;/h5,7-8H,4,6H2,1-3H3;2*1H. The van der Waals surface area contributed by atoms with Gasteiger partial charge in [-0.15, -0.1) is 12.4 Å². The van der Waals surface area contributed by atoms with Gasteiger partial charge in [-0.05, 0) is 14.1 Å². The zero-order valence-electron chi connectivity index (χ0n) is 9.67. The number of hydrogen-bond acceptors (Lipinski definition) is 3. The average molecular weight is 269 g/mol. The molecule has 0 aliphatic heterocycles. The maximum absolute atomic E-state index is 8.50. The molecule has 1 aromatic heterocycles. The van der Waals surface area contributed by atoms with Crippen LogP contribution in [0.4, 0.5) is 0 Å². The van der Waals surface area contributed by atoms with Crippen LogP contribution in [-0.2, 0) is 13.6 Å². The molecule has 0 radical (unpaired) electrons. The van der Waals surface area contributed by atoms with E-state index in [1.165, 1.54) is 6.21 Å². The summed E-state index contributed by atoms with van der Waals surface area (Å²) in [6, 6.07) is 0. The van der Waals surface area contributed by atoms with Crippen molar-refractivity contribution in [3.8, 4) is 0 Å². The van der Waals surface area contributed by atoms with Crippen molar-refractivity contribution in [2.75, 3.05) is 20.6 Å². The normalized spacial score (nSPS) is 10.2. The Labute approximate surface area is 108 Å². The first-order valence-corrected chi connectivity index (χ1v) is 4.52. The van der Waals surface area contributed by atoms with Crippen LogP contribution in [0.25, 0.3) is 0 Å². The van der Waals surface area contributed by atoms with Crippen LogP contribution >= 0.6 is 12.4 Å². The molecular formula is C9H18Cl2N4O. The van der Waals surface area contributed by atoms with Gasteiger partial charge in [-0.3, -0.25) is 0 Å². The molecule has 0 saturated carbocycles. The summed E-state index contributed by atoms with van der Waals surface area (Å²) in [5.74, 6) is 0.884. The van der Waals surface area contributed by atoms with E-state index in [-0.39, 0.29) is 24.8 Å². The first-order chi connectivity index (χ1) is 6.65. The second kappa shape index (κ2) is 8.38. The summed E-state index contributed by atoms with van der Waals surface area (Å²) in [5, 5.41) is 11.5. The number of aromatic nitrogens is 2. The maximum atomic E-state index is 8.50. The van der Waals surface area contributed by atoms with Crippen LogP contribution in [0.5, 0.6) is 0 Å². The fourth-order valence-electron chi connectivity index (χ4n) is 1.25. The van der Waals surface area contributed by atoms with Gasteiger partial charge in [0.1, 0.15) is 18.9 Å². The van der Waals surface area contributed by atoms with E-state index in [0.717, 1.165) is 18.9 Å². The minimum absolute atomic E-state index is 0. The third-order valence-electron chi connectivity index (χ3n) is 2.09. The largest absolute Gasteiger partial charge is 1.00 e. The second-order valence-electron chi connectivity index (χ2n) is 3.51. The second-order valence-corrected chi connectivity index (χ2v) is 3.51. The molecule has 0 spiro atoms. The molecule has 0 bridgehead atoms. The molecular weight excluding hydrogens is 251 g/mol. The van der Waals surface area contributed by atoms with Crippen LogP contribution in [0, 0.1) is 0 Å². The van der Waals surface area contributed by atoms with Crippen molar-refractivity contribution in [2.45, 2.75) is 6.54 Å². The van der Waals surface area contributed by atoms with Crippen molar-refractivity contribution >= 4 is 18.6 Å². The summed E-state index contributed by atoms with van der Waals surface area (Å²) in [5.41, 5.74) is 0. The van der Waals surface area contributed by atoms with E-state index in [4.69, 9.17) is 5.21 Å². The fraction of sp³-hybridized carbons (Fsp3) is 0.556. The fourth-order valence-corrected chi connectivity index (χ4v) is 1.25. The van der Waals surface area contributed by atoms with Gasteiger partial charge in [-0.25, -0.2) is 9.13 Å². The number of oxime groups is 1. The number of nitrogens with zero attached hydrogens (tertiary/aromatic N) is 4. The highest BCUT2D eigenvalue weighted by Gasteiger charge is 2.11. The molecule has 0 aliphatic rings. The van der Waals surface area contributed by atoms with Crippen LogP contribution in [-0.4, -0.2) is 41.5 Å². The summed E-state index contributed by atoms with van der Waals surface area (Å²) in [4.78, 5) is 2.11. The number of aryl methyl sites for hydroxylation is 1. The van der Waals surface area contributed by atoms with Gasteiger partial charge in [0.15, 0.2) is 6.21 Å². The minimum atomic E-state index is 0. The van der Waals surface area contributed by atoms with Crippen LogP contribution in [0.3, 0.4) is 0 Å². The molecule has 94 valence electrons. The Bertz CT molecular complexity index is 325. The minimum Gasteiger partial charge on any atom is -1.00 e. The lowest BCUT2D eigenvalue weighted by Crippen LogP contribution is -3.00. The third-order valence-corrected chi connectivity index (χ3v) is 2.09. The zero-order valence-corrected chi connectivity index (χ0v) is 11.2. The number of rotatable bonds is 4. The molecule has 1 rings (SSSR count). The van der Waals surface area contributed by atoms with Crippen LogP contribution in [0.2, 0.25) is 0 Å². The molecule has 0 amide bonds. The highest BCUT2D eigenvalue weighted by Crippen LogP contribution is 1.92. The number of imidazole rings is 1. The summed E-state index contributed by atoms with van der Waals surface area (Å²) >= 11 is 0. The van der Waals surface area contributed by atoms with Crippen molar-refractivity contribution in [2.24, 2.45) is 12.2 Å². The monoisotopic (exact) mass is 268 g/mol. The number of likely N-dealkylation sites (N-methyl/N-ethyl adjacent to an activating group) is 1.